The van der Waals surface area contributed by atoms with Gasteiger partial charge in [0.1, 0.15) is 23.4 Å². The van der Waals surface area contributed by atoms with Gasteiger partial charge >= 0.3 is 6.09 Å². The van der Waals surface area contributed by atoms with E-state index in [0.717, 1.165) is 18.5 Å². The maximum atomic E-state index is 12.4. The first-order valence-corrected chi connectivity index (χ1v) is 11.8. The number of carbonyl (C=O) groups is 3. The van der Waals surface area contributed by atoms with Crippen LogP contribution in [0.4, 0.5) is 10.6 Å². The lowest BCUT2D eigenvalue weighted by Gasteiger charge is -2.30. The molecule has 0 bridgehead atoms. The van der Waals surface area contributed by atoms with E-state index in [1.165, 1.54) is 24.3 Å². The number of rotatable bonds is 11. The molecule has 196 valence electrons. The van der Waals surface area contributed by atoms with Gasteiger partial charge in [-0.15, -0.1) is 0 Å². The van der Waals surface area contributed by atoms with Crippen LogP contribution in [0.15, 0.2) is 18.2 Å². The van der Waals surface area contributed by atoms with Gasteiger partial charge in [-0.25, -0.2) is 14.8 Å². The van der Waals surface area contributed by atoms with Gasteiger partial charge in [0.2, 0.25) is 0 Å². The topological polar surface area (TPSA) is 146 Å². The van der Waals surface area contributed by atoms with Crippen LogP contribution < -0.4 is 14.8 Å². The van der Waals surface area contributed by atoms with Gasteiger partial charge in [-0.1, -0.05) is 13.8 Å². The smallest absolute Gasteiger partial charge is 0.424 e. The molecule has 3 rings (SSSR count). The van der Waals surface area contributed by atoms with Gasteiger partial charge in [-0.3, -0.25) is 14.7 Å². The van der Waals surface area contributed by atoms with Crippen molar-refractivity contribution in [3.8, 4) is 17.2 Å². The molecule has 1 aromatic carbocycles. The summed E-state index contributed by atoms with van der Waals surface area (Å²) >= 11 is 0. The van der Waals surface area contributed by atoms with Crippen molar-refractivity contribution in [1.82, 2.24) is 20.2 Å². The molecule has 36 heavy (non-hydrogen) atoms. The average Bonchev–Trinajstić information content (AvgIpc) is 3.52. The minimum absolute atomic E-state index is 0.0258. The third kappa shape index (κ3) is 6.45. The highest BCUT2D eigenvalue weighted by Crippen LogP contribution is 2.36. The second-order valence-electron chi connectivity index (χ2n) is 8.40. The summed E-state index contributed by atoms with van der Waals surface area (Å²) in [5.41, 5.74) is 0.758. The molecule has 0 saturated heterocycles. The number of phenolic OH excluding ortho intramolecular Hbond substituents is 1. The number of amides is 2. The first-order chi connectivity index (χ1) is 17.3. The Kier molecular flexibility index (Phi) is 9.12. The number of ether oxygens (including phenoxy) is 3. The summed E-state index contributed by atoms with van der Waals surface area (Å²) in [6, 6.07) is 4.43. The Bertz CT molecular complexity index is 1070. The molecule has 1 heterocycles. The lowest BCUT2D eigenvalue weighted by atomic mass is 10.0. The van der Waals surface area contributed by atoms with E-state index in [1.54, 1.807) is 13.1 Å². The summed E-state index contributed by atoms with van der Waals surface area (Å²) in [5.74, 6) is -0.0549. The number of benzene rings is 1. The maximum Gasteiger partial charge on any atom is 0.424 e. The SMILES string of the molecule is CCN(CC)N(C)C(=O)O[C@@H]1CCC(c2cc(NC(=O)COc3cc(OC)cc(O)c3C=O)n[nH]2)C1. The Hall–Kier alpha value is -3.80. The minimum Gasteiger partial charge on any atom is -0.507 e. The van der Waals surface area contributed by atoms with Crippen LogP contribution in [-0.2, 0) is 9.53 Å². The first kappa shape index (κ1) is 26.8. The van der Waals surface area contributed by atoms with Crippen LogP contribution in [-0.4, -0.2) is 83.6 Å². The number of H-pyrrole nitrogens is 1. The largest absolute Gasteiger partial charge is 0.507 e. The minimum atomic E-state index is -0.495. The second-order valence-corrected chi connectivity index (χ2v) is 8.40. The summed E-state index contributed by atoms with van der Waals surface area (Å²) in [5, 5.41) is 23.0. The zero-order chi connectivity index (χ0) is 26.2. The van der Waals surface area contributed by atoms with E-state index in [2.05, 4.69) is 15.5 Å². The van der Waals surface area contributed by atoms with Crippen molar-refractivity contribution in [2.24, 2.45) is 0 Å². The Balaban J connectivity index is 1.51. The Morgan fingerprint density at radius 2 is 2.00 bits per heavy atom. The Morgan fingerprint density at radius 1 is 1.25 bits per heavy atom. The number of methoxy groups -OCH3 is 1. The van der Waals surface area contributed by atoms with Gasteiger partial charge < -0.3 is 24.6 Å². The fourth-order valence-electron chi connectivity index (χ4n) is 4.19. The number of nitrogens with one attached hydrogen (secondary N) is 2. The summed E-state index contributed by atoms with van der Waals surface area (Å²) < 4.78 is 16.1. The Labute approximate surface area is 209 Å². The number of aromatic nitrogens is 2. The molecule has 3 N–H and O–H groups in total. The number of hydrogen-bond acceptors (Lipinski definition) is 9. The second kappa shape index (κ2) is 12.2. The van der Waals surface area contributed by atoms with Gasteiger partial charge in [0, 0.05) is 49.9 Å². The number of phenols is 1. The van der Waals surface area contributed by atoms with Crippen molar-refractivity contribution in [1.29, 1.82) is 0 Å². The van der Waals surface area contributed by atoms with Crippen LogP contribution in [0.1, 0.15) is 55.1 Å². The third-order valence-corrected chi connectivity index (χ3v) is 6.18. The quantitative estimate of drug-likeness (QED) is 0.311. The van der Waals surface area contributed by atoms with Gasteiger partial charge in [0.15, 0.2) is 18.7 Å². The molecule has 0 radical (unpaired) electrons. The summed E-state index contributed by atoms with van der Waals surface area (Å²) in [6.45, 7) is 4.97. The molecule has 0 spiro atoms. The zero-order valence-electron chi connectivity index (χ0n) is 20.9. The predicted molar refractivity (Wildman–Crippen MR) is 130 cm³/mol. The summed E-state index contributed by atoms with van der Waals surface area (Å²) in [4.78, 5) is 36.0. The number of aromatic amines is 1. The van der Waals surface area contributed by atoms with Crippen LogP contribution in [0.2, 0.25) is 0 Å². The maximum absolute atomic E-state index is 12.4. The van der Waals surface area contributed by atoms with E-state index in [1.807, 2.05) is 18.9 Å². The molecule has 1 aliphatic rings. The molecule has 2 amide bonds. The first-order valence-electron chi connectivity index (χ1n) is 11.8. The molecule has 1 unspecified atom stereocenters. The van der Waals surface area contributed by atoms with Crippen molar-refractivity contribution in [2.45, 2.75) is 45.1 Å². The standard InChI is InChI=1S/C24H33N5O7/c1-5-29(6-2)28(3)24(33)36-16-8-7-15(9-16)19-12-22(27-26-19)25-23(32)14-35-21-11-17(34-4)10-20(31)18(21)13-30/h10-13,15-16,31H,5-9,14H2,1-4H3,(H2,25,26,27,32)/t15?,16-/m1/s1. The molecule has 1 aromatic heterocycles. The molecule has 1 aliphatic carbocycles. The number of aldehydes is 1. The van der Waals surface area contributed by atoms with Crippen molar-refractivity contribution >= 4 is 24.1 Å². The van der Waals surface area contributed by atoms with E-state index in [0.29, 0.717) is 31.6 Å². The van der Waals surface area contributed by atoms with Crippen LogP contribution in [0, 0.1) is 0 Å². The number of aromatic hydroxyl groups is 1. The highest BCUT2D eigenvalue weighted by Gasteiger charge is 2.31. The fraction of sp³-hybridized carbons (Fsp3) is 0.500. The van der Waals surface area contributed by atoms with Crippen LogP contribution in [0.3, 0.4) is 0 Å². The number of hydrogen-bond donors (Lipinski definition) is 3. The predicted octanol–water partition coefficient (Wildman–Crippen LogP) is 2.92. The highest BCUT2D eigenvalue weighted by atomic mass is 16.6. The average molecular weight is 504 g/mol. The molecule has 12 heteroatoms. The van der Waals surface area contributed by atoms with Crippen LogP contribution in [0.25, 0.3) is 0 Å². The molecular weight excluding hydrogens is 470 g/mol. The normalized spacial score (nSPS) is 17.0. The number of carbonyl (C=O) groups excluding carboxylic acids is 3. The zero-order valence-corrected chi connectivity index (χ0v) is 20.9. The molecule has 1 saturated carbocycles. The van der Waals surface area contributed by atoms with Crippen molar-refractivity contribution in [3.63, 3.8) is 0 Å². The van der Waals surface area contributed by atoms with Crippen molar-refractivity contribution < 1.29 is 33.7 Å². The van der Waals surface area contributed by atoms with Gasteiger partial charge in [0.25, 0.3) is 5.91 Å². The van der Waals surface area contributed by atoms with Gasteiger partial charge in [-0.05, 0) is 19.3 Å². The molecule has 1 fully saturated rings. The number of anilines is 1. The van der Waals surface area contributed by atoms with Gasteiger partial charge in [-0.2, -0.15) is 5.10 Å². The Morgan fingerprint density at radius 3 is 2.67 bits per heavy atom. The van der Waals surface area contributed by atoms with E-state index in [4.69, 9.17) is 14.2 Å². The molecule has 12 nitrogen and oxygen atoms in total. The summed E-state index contributed by atoms with van der Waals surface area (Å²) in [6.07, 6.45) is 2.09. The molecule has 2 atom stereocenters. The monoisotopic (exact) mass is 503 g/mol. The van der Waals surface area contributed by atoms with E-state index >= 15 is 0 Å². The number of hydrazine groups is 1. The third-order valence-electron chi connectivity index (χ3n) is 6.18. The number of nitrogens with zero attached hydrogens (tertiary/aromatic N) is 3. The van der Waals surface area contributed by atoms with Crippen LogP contribution in [0.5, 0.6) is 17.2 Å². The fourth-order valence-corrected chi connectivity index (χ4v) is 4.19. The summed E-state index contributed by atoms with van der Waals surface area (Å²) in [7, 11) is 3.11. The molecule has 0 aliphatic heterocycles. The van der Waals surface area contributed by atoms with Crippen LogP contribution >= 0.6 is 0 Å². The van der Waals surface area contributed by atoms with E-state index in [9.17, 15) is 19.5 Å². The van der Waals surface area contributed by atoms with Gasteiger partial charge in [0.05, 0.1) is 12.7 Å². The lowest BCUT2D eigenvalue weighted by Crippen LogP contribution is -2.44. The molecular formula is C24H33N5O7. The molecule has 2 aromatic rings. The van der Waals surface area contributed by atoms with E-state index in [-0.39, 0.29) is 40.9 Å². The van der Waals surface area contributed by atoms with Crippen molar-refractivity contribution in [3.05, 3.63) is 29.5 Å². The lowest BCUT2D eigenvalue weighted by molar-refractivity contribution is -0.118. The van der Waals surface area contributed by atoms with Crippen molar-refractivity contribution in [2.75, 3.05) is 39.2 Å². The highest BCUT2D eigenvalue weighted by molar-refractivity contribution is 5.91. The van der Waals surface area contributed by atoms with E-state index < -0.39 is 12.5 Å².